The van der Waals surface area contributed by atoms with E-state index in [-0.39, 0.29) is 41.4 Å². The molecule has 1 heterocycles. The summed E-state index contributed by atoms with van der Waals surface area (Å²) in [6.07, 6.45) is -5.44. The van der Waals surface area contributed by atoms with Gasteiger partial charge in [-0.05, 0) is 50.2 Å². The Morgan fingerprint density at radius 1 is 1.03 bits per heavy atom. The number of ether oxygens (including phenoxy) is 1. The Kier molecular flexibility index (Phi) is 7.34. The summed E-state index contributed by atoms with van der Waals surface area (Å²) in [6, 6.07) is 8.03. The summed E-state index contributed by atoms with van der Waals surface area (Å²) < 4.78 is 73.6. The van der Waals surface area contributed by atoms with Gasteiger partial charge in [0, 0.05) is 31.3 Å². The van der Waals surface area contributed by atoms with Gasteiger partial charge in [-0.2, -0.15) is 17.5 Å². The fourth-order valence-electron chi connectivity index (χ4n) is 3.64. The van der Waals surface area contributed by atoms with Crippen LogP contribution in [0.2, 0.25) is 0 Å². The highest BCUT2D eigenvalue weighted by atomic mass is 32.2. The third-order valence-electron chi connectivity index (χ3n) is 5.01. The highest BCUT2D eigenvalue weighted by Gasteiger charge is 2.35. The Labute approximate surface area is 195 Å². The van der Waals surface area contributed by atoms with Crippen molar-refractivity contribution in [2.75, 3.05) is 23.7 Å². The number of carbonyl (C=O) groups excluding carboxylic acids is 2. The molecule has 1 aliphatic heterocycles. The Morgan fingerprint density at radius 2 is 1.68 bits per heavy atom. The first-order valence-electron chi connectivity index (χ1n) is 10.3. The molecule has 0 saturated carbocycles. The minimum Gasteiger partial charge on any atom is -0.373 e. The van der Waals surface area contributed by atoms with Crippen molar-refractivity contribution >= 4 is 33.2 Å². The van der Waals surface area contributed by atoms with E-state index in [9.17, 15) is 31.2 Å². The summed E-state index contributed by atoms with van der Waals surface area (Å²) in [5.74, 6) is -1.47. The summed E-state index contributed by atoms with van der Waals surface area (Å²) >= 11 is 0. The summed E-state index contributed by atoms with van der Waals surface area (Å²) in [6.45, 7) is 4.93. The lowest BCUT2D eigenvalue weighted by Crippen LogP contribution is -2.48. The van der Waals surface area contributed by atoms with Gasteiger partial charge in [0.2, 0.25) is 15.9 Å². The molecule has 8 nitrogen and oxygen atoms in total. The highest BCUT2D eigenvalue weighted by Crippen LogP contribution is 2.37. The van der Waals surface area contributed by atoms with Crippen LogP contribution < -0.4 is 10.6 Å². The number of carbonyl (C=O) groups is 2. The fraction of sp³-hybridized carbons (Fsp3) is 0.364. The number of hydrogen-bond donors (Lipinski definition) is 2. The lowest BCUT2D eigenvalue weighted by Gasteiger charge is -2.34. The third kappa shape index (κ3) is 5.93. The van der Waals surface area contributed by atoms with Crippen LogP contribution in [0.5, 0.6) is 0 Å². The van der Waals surface area contributed by atoms with Gasteiger partial charge in [0.1, 0.15) is 0 Å². The van der Waals surface area contributed by atoms with E-state index in [0.29, 0.717) is 6.07 Å². The number of halogens is 3. The van der Waals surface area contributed by atoms with Crippen molar-refractivity contribution < 1.29 is 35.9 Å². The topological polar surface area (TPSA) is 105 Å². The molecule has 2 amide bonds. The van der Waals surface area contributed by atoms with Crippen LogP contribution in [0.25, 0.3) is 0 Å². The number of alkyl halides is 3. The number of sulfonamides is 1. The maximum absolute atomic E-state index is 13.5. The van der Waals surface area contributed by atoms with Crippen LogP contribution in [0.1, 0.15) is 36.7 Å². The molecule has 0 unspecified atom stereocenters. The molecule has 1 saturated heterocycles. The van der Waals surface area contributed by atoms with Gasteiger partial charge in [0.15, 0.2) is 0 Å². The molecule has 0 bridgehead atoms. The average molecular weight is 500 g/mol. The van der Waals surface area contributed by atoms with Gasteiger partial charge in [-0.15, -0.1) is 0 Å². The summed E-state index contributed by atoms with van der Waals surface area (Å²) in [7, 11) is -3.95. The van der Waals surface area contributed by atoms with Crippen molar-refractivity contribution in [1.82, 2.24) is 4.31 Å². The molecule has 2 N–H and O–H groups in total. The number of nitrogens with one attached hydrogen (secondary N) is 2. The van der Waals surface area contributed by atoms with Gasteiger partial charge in [0.05, 0.1) is 28.4 Å². The number of morpholine rings is 1. The largest absolute Gasteiger partial charge is 0.418 e. The van der Waals surface area contributed by atoms with Gasteiger partial charge in [-0.25, -0.2) is 8.42 Å². The zero-order valence-electron chi connectivity index (χ0n) is 18.6. The molecule has 2 aromatic rings. The molecular formula is C22H24F3N3O5S. The maximum Gasteiger partial charge on any atom is 0.418 e. The van der Waals surface area contributed by atoms with Gasteiger partial charge >= 0.3 is 6.18 Å². The Hall–Kier alpha value is -2.96. The molecule has 1 fully saturated rings. The van der Waals surface area contributed by atoms with Crippen LogP contribution in [0.3, 0.4) is 0 Å². The van der Waals surface area contributed by atoms with Crippen molar-refractivity contribution in [3.05, 3.63) is 53.6 Å². The van der Waals surface area contributed by atoms with Crippen LogP contribution in [-0.2, 0) is 25.7 Å². The van der Waals surface area contributed by atoms with E-state index in [4.69, 9.17) is 4.74 Å². The van der Waals surface area contributed by atoms with Crippen LogP contribution in [0.4, 0.5) is 24.5 Å². The van der Waals surface area contributed by atoms with Gasteiger partial charge in [0.25, 0.3) is 5.91 Å². The second kappa shape index (κ2) is 9.72. The number of nitrogens with zero attached hydrogens (tertiary/aromatic N) is 1. The minimum atomic E-state index is -4.81. The standard InChI is InChI=1S/C22H24F3N3O5S/c1-13-11-28(12-14(2)33-13)34(31,32)18-6-4-5-16(9-18)21(30)27-20-8-7-17(26-15(3)29)10-19(20)22(23,24)25/h4-10,13-14H,11-12H2,1-3H3,(H,26,29)(H,27,30)/t13-,14+. The Bertz CT molecular complexity index is 1190. The van der Waals surface area contributed by atoms with Crippen molar-refractivity contribution in [1.29, 1.82) is 0 Å². The van der Waals surface area contributed by atoms with E-state index in [1.807, 2.05) is 0 Å². The zero-order valence-corrected chi connectivity index (χ0v) is 19.5. The Morgan fingerprint density at radius 3 is 2.26 bits per heavy atom. The predicted molar refractivity (Wildman–Crippen MR) is 119 cm³/mol. The summed E-state index contributed by atoms with van der Waals surface area (Å²) in [4.78, 5) is 23.7. The first kappa shape index (κ1) is 25.7. The summed E-state index contributed by atoms with van der Waals surface area (Å²) in [5, 5.41) is 4.45. The lowest BCUT2D eigenvalue weighted by atomic mass is 10.1. The second-order valence-corrected chi connectivity index (χ2v) is 9.94. The molecule has 184 valence electrons. The van der Waals surface area contributed by atoms with Crippen molar-refractivity contribution in [2.24, 2.45) is 0 Å². The highest BCUT2D eigenvalue weighted by molar-refractivity contribution is 7.89. The SMILES string of the molecule is CC(=O)Nc1ccc(NC(=O)c2cccc(S(=O)(=O)N3C[C@@H](C)O[C@@H](C)C3)c2)c(C(F)(F)F)c1. The molecule has 3 rings (SSSR count). The van der Waals surface area contributed by atoms with Gasteiger partial charge in [-0.1, -0.05) is 6.07 Å². The quantitative estimate of drug-likeness (QED) is 0.653. The molecule has 0 aromatic heterocycles. The molecule has 1 aliphatic rings. The fourth-order valence-corrected chi connectivity index (χ4v) is 5.27. The van der Waals surface area contributed by atoms with Gasteiger partial charge in [-0.3, -0.25) is 9.59 Å². The summed E-state index contributed by atoms with van der Waals surface area (Å²) in [5.41, 5.74) is -1.91. The smallest absolute Gasteiger partial charge is 0.373 e. The van der Waals surface area contributed by atoms with Crippen LogP contribution >= 0.6 is 0 Å². The molecular weight excluding hydrogens is 475 g/mol. The van der Waals surface area contributed by atoms with Crippen LogP contribution in [0.15, 0.2) is 47.4 Å². The zero-order chi connectivity index (χ0) is 25.3. The lowest BCUT2D eigenvalue weighted by molar-refractivity contribution is -0.137. The molecule has 12 heteroatoms. The van der Waals surface area contributed by atoms with E-state index in [2.05, 4.69) is 10.6 Å². The van der Waals surface area contributed by atoms with Crippen molar-refractivity contribution in [3.8, 4) is 0 Å². The number of hydrogen-bond acceptors (Lipinski definition) is 5. The average Bonchev–Trinajstić information content (AvgIpc) is 2.73. The van der Waals surface area contributed by atoms with Crippen molar-refractivity contribution in [2.45, 2.75) is 44.1 Å². The van der Waals surface area contributed by atoms with E-state index >= 15 is 0 Å². The third-order valence-corrected chi connectivity index (χ3v) is 6.84. The minimum absolute atomic E-state index is 0.0834. The van der Waals surface area contributed by atoms with Crippen molar-refractivity contribution in [3.63, 3.8) is 0 Å². The second-order valence-electron chi connectivity index (χ2n) is 8.00. The predicted octanol–water partition coefficient (Wildman–Crippen LogP) is 3.71. The van der Waals surface area contributed by atoms with E-state index in [1.54, 1.807) is 13.8 Å². The van der Waals surface area contributed by atoms with Crippen LogP contribution in [-0.4, -0.2) is 49.8 Å². The molecule has 2 aromatic carbocycles. The van der Waals surface area contributed by atoms with E-state index in [0.717, 1.165) is 19.1 Å². The van der Waals surface area contributed by atoms with Gasteiger partial charge < -0.3 is 15.4 Å². The molecule has 0 spiro atoms. The molecule has 34 heavy (non-hydrogen) atoms. The Balaban J connectivity index is 1.88. The maximum atomic E-state index is 13.5. The normalized spacial score (nSPS) is 19.5. The first-order chi connectivity index (χ1) is 15.8. The number of rotatable bonds is 5. The first-order valence-corrected chi connectivity index (χ1v) is 11.8. The number of anilines is 2. The van der Waals surface area contributed by atoms with E-state index in [1.165, 1.54) is 28.6 Å². The number of benzene rings is 2. The monoisotopic (exact) mass is 499 g/mol. The molecule has 2 atom stereocenters. The van der Waals surface area contributed by atoms with Crippen LogP contribution in [0, 0.1) is 0 Å². The molecule has 0 aliphatic carbocycles. The molecule has 0 radical (unpaired) electrons. The van der Waals surface area contributed by atoms with E-state index < -0.39 is 39.3 Å². The number of amides is 2.